The standard InChI is InChI=1S/C24H25NO2S/c1-17-10-12-21(13-11-17)28(26,27)25-15-14-22-19(3)7-5-9-23(22)24(25)20-8-4-6-18(2)16-20/h4-13,16,24H,14-15H2,1-3H3. The maximum absolute atomic E-state index is 13.6. The highest BCUT2D eigenvalue weighted by atomic mass is 32.2. The number of hydrogen-bond donors (Lipinski definition) is 0. The maximum atomic E-state index is 13.6. The van der Waals surface area contributed by atoms with Gasteiger partial charge in [-0.2, -0.15) is 4.31 Å². The van der Waals surface area contributed by atoms with Crippen LogP contribution in [0.2, 0.25) is 0 Å². The smallest absolute Gasteiger partial charge is 0.207 e. The van der Waals surface area contributed by atoms with Crippen LogP contribution in [0.25, 0.3) is 0 Å². The predicted octanol–water partition coefficient (Wildman–Crippen LogP) is 4.95. The van der Waals surface area contributed by atoms with E-state index in [0.29, 0.717) is 11.4 Å². The molecular weight excluding hydrogens is 366 g/mol. The first-order valence-corrected chi connectivity index (χ1v) is 11.1. The number of benzene rings is 3. The zero-order chi connectivity index (χ0) is 19.9. The van der Waals surface area contributed by atoms with Crippen molar-refractivity contribution in [3.05, 3.63) is 100 Å². The van der Waals surface area contributed by atoms with Gasteiger partial charge in [0.1, 0.15) is 0 Å². The largest absolute Gasteiger partial charge is 0.243 e. The second-order valence-electron chi connectivity index (χ2n) is 7.64. The summed E-state index contributed by atoms with van der Waals surface area (Å²) in [7, 11) is -3.61. The third kappa shape index (κ3) is 3.27. The van der Waals surface area contributed by atoms with Gasteiger partial charge >= 0.3 is 0 Å². The second-order valence-corrected chi connectivity index (χ2v) is 9.53. The van der Waals surface area contributed by atoms with E-state index in [1.807, 2.05) is 50.2 Å². The lowest BCUT2D eigenvalue weighted by Crippen LogP contribution is -2.40. The van der Waals surface area contributed by atoms with Gasteiger partial charge in [0, 0.05) is 6.54 Å². The Morgan fingerprint density at radius 1 is 0.857 bits per heavy atom. The molecule has 0 spiro atoms. The van der Waals surface area contributed by atoms with Gasteiger partial charge in [-0.25, -0.2) is 8.42 Å². The molecule has 3 aromatic rings. The van der Waals surface area contributed by atoms with Gasteiger partial charge in [0.05, 0.1) is 10.9 Å². The van der Waals surface area contributed by atoms with Crippen LogP contribution >= 0.6 is 0 Å². The molecule has 0 fully saturated rings. The number of nitrogens with zero attached hydrogens (tertiary/aromatic N) is 1. The molecule has 0 N–H and O–H groups in total. The SMILES string of the molecule is Cc1ccc(S(=O)(=O)N2CCc3c(C)cccc3C2c2cccc(C)c2)cc1. The average molecular weight is 392 g/mol. The van der Waals surface area contributed by atoms with Gasteiger partial charge in [0.15, 0.2) is 0 Å². The average Bonchev–Trinajstić information content (AvgIpc) is 2.68. The predicted molar refractivity (Wildman–Crippen MR) is 113 cm³/mol. The molecule has 0 saturated heterocycles. The van der Waals surface area contributed by atoms with Crippen molar-refractivity contribution in [1.82, 2.24) is 4.31 Å². The molecule has 0 amide bonds. The van der Waals surface area contributed by atoms with Crippen molar-refractivity contribution in [2.45, 2.75) is 38.1 Å². The molecular formula is C24H25NO2S. The fourth-order valence-corrected chi connectivity index (χ4v) is 5.71. The fourth-order valence-electron chi connectivity index (χ4n) is 4.12. The van der Waals surface area contributed by atoms with Crippen molar-refractivity contribution in [3.8, 4) is 0 Å². The first-order valence-electron chi connectivity index (χ1n) is 9.61. The molecule has 28 heavy (non-hydrogen) atoms. The molecule has 1 heterocycles. The van der Waals surface area contributed by atoms with Crippen molar-refractivity contribution >= 4 is 10.0 Å². The Labute approximate surface area is 167 Å². The maximum Gasteiger partial charge on any atom is 0.243 e. The summed E-state index contributed by atoms with van der Waals surface area (Å²) in [5, 5.41) is 0. The molecule has 1 aliphatic rings. The van der Waals surface area contributed by atoms with E-state index in [1.54, 1.807) is 16.4 Å². The van der Waals surface area contributed by atoms with Crippen LogP contribution in [0.1, 0.15) is 39.4 Å². The second kappa shape index (κ2) is 7.19. The monoisotopic (exact) mass is 391 g/mol. The summed E-state index contributed by atoms with van der Waals surface area (Å²) in [5.74, 6) is 0. The number of aryl methyl sites for hydroxylation is 3. The van der Waals surface area contributed by atoms with Crippen LogP contribution in [0.4, 0.5) is 0 Å². The van der Waals surface area contributed by atoms with E-state index in [4.69, 9.17) is 0 Å². The Morgan fingerprint density at radius 2 is 1.57 bits per heavy atom. The zero-order valence-electron chi connectivity index (χ0n) is 16.5. The Morgan fingerprint density at radius 3 is 2.29 bits per heavy atom. The van der Waals surface area contributed by atoms with Gasteiger partial charge < -0.3 is 0 Å². The van der Waals surface area contributed by atoms with Crippen molar-refractivity contribution < 1.29 is 8.42 Å². The first-order chi connectivity index (χ1) is 13.4. The third-order valence-corrected chi connectivity index (χ3v) is 7.48. The van der Waals surface area contributed by atoms with Crippen molar-refractivity contribution in [3.63, 3.8) is 0 Å². The van der Waals surface area contributed by atoms with Crippen LogP contribution in [0, 0.1) is 20.8 Å². The minimum Gasteiger partial charge on any atom is -0.207 e. The number of hydrogen-bond acceptors (Lipinski definition) is 2. The quantitative estimate of drug-likeness (QED) is 0.634. The minimum atomic E-state index is -3.61. The van der Waals surface area contributed by atoms with Crippen LogP contribution in [0.3, 0.4) is 0 Å². The van der Waals surface area contributed by atoms with Gasteiger partial charge in [0.25, 0.3) is 0 Å². The Hall–Kier alpha value is -2.43. The molecule has 0 aliphatic carbocycles. The van der Waals surface area contributed by atoms with E-state index < -0.39 is 10.0 Å². The molecule has 0 radical (unpaired) electrons. The lowest BCUT2D eigenvalue weighted by Gasteiger charge is -2.37. The molecule has 3 nitrogen and oxygen atoms in total. The van der Waals surface area contributed by atoms with Crippen LogP contribution in [-0.2, 0) is 16.4 Å². The van der Waals surface area contributed by atoms with Gasteiger partial charge in [-0.15, -0.1) is 0 Å². The summed E-state index contributed by atoms with van der Waals surface area (Å²) in [6.07, 6.45) is 0.732. The number of fused-ring (bicyclic) bond motifs is 1. The third-order valence-electron chi connectivity index (χ3n) is 5.60. The lowest BCUT2D eigenvalue weighted by atomic mass is 9.87. The molecule has 0 bridgehead atoms. The Bertz CT molecular complexity index is 1120. The molecule has 1 aliphatic heterocycles. The van der Waals surface area contributed by atoms with Crippen LogP contribution in [-0.4, -0.2) is 19.3 Å². The van der Waals surface area contributed by atoms with E-state index >= 15 is 0 Å². The Kier molecular flexibility index (Phi) is 4.86. The van der Waals surface area contributed by atoms with E-state index in [2.05, 4.69) is 25.1 Å². The summed E-state index contributed by atoms with van der Waals surface area (Å²) in [4.78, 5) is 0.354. The van der Waals surface area contributed by atoms with Gasteiger partial charge in [-0.3, -0.25) is 0 Å². The molecule has 4 rings (SSSR count). The summed E-state index contributed by atoms with van der Waals surface area (Å²) in [6, 6.07) is 21.2. The number of sulfonamides is 1. The highest BCUT2D eigenvalue weighted by molar-refractivity contribution is 7.89. The van der Waals surface area contributed by atoms with E-state index in [9.17, 15) is 8.42 Å². The van der Waals surface area contributed by atoms with Crippen LogP contribution < -0.4 is 0 Å². The fraction of sp³-hybridized carbons (Fsp3) is 0.250. The minimum absolute atomic E-state index is 0.310. The summed E-state index contributed by atoms with van der Waals surface area (Å²) < 4.78 is 28.9. The van der Waals surface area contributed by atoms with E-state index in [-0.39, 0.29) is 6.04 Å². The topological polar surface area (TPSA) is 37.4 Å². The van der Waals surface area contributed by atoms with Gasteiger partial charge in [-0.05, 0) is 61.6 Å². The van der Waals surface area contributed by atoms with E-state index in [0.717, 1.165) is 28.7 Å². The first kappa shape index (κ1) is 18.9. The van der Waals surface area contributed by atoms with E-state index in [1.165, 1.54) is 11.1 Å². The summed E-state index contributed by atoms with van der Waals surface area (Å²) in [6.45, 7) is 6.59. The molecule has 144 valence electrons. The van der Waals surface area contributed by atoms with Gasteiger partial charge in [0.2, 0.25) is 10.0 Å². The molecule has 0 aromatic heterocycles. The highest BCUT2D eigenvalue weighted by Gasteiger charge is 2.37. The van der Waals surface area contributed by atoms with Crippen molar-refractivity contribution in [2.24, 2.45) is 0 Å². The van der Waals surface area contributed by atoms with Crippen molar-refractivity contribution in [1.29, 1.82) is 0 Å². The summed E-state index contributed by atoms with van der Waals surface area (Å²) >= 11 is 0. The van der Waals surface area contributed by atoms with Crippen molar-refractivity contribution in [2.75, 3.05) is 6.54 Å². The van der Waals surface area contributed by atoms with Crippen LogP contribution in [0.5, 0.6) is 0 Å². The molecule has 1 atom stereocenters. The highest BCUT2D eigenvalue weighted by Crippen LogP contribution is 2.39. The zero-order valence-corrected chi connectivity index (χ0v) is 17.3. The lowest BCUT2D eigenvalue weighted by molar-refractivity contribution is 0.343. The molecule has 3 aromatic carbocycles. The number of rotatable bonds is 3. The summed E-state index contributed by atoms with van der Waals surface area (Å²) in [5.41, 5.74) is 6.78. The molecule has 4 heteroatoms. The Balaban J connectivity index is 1.90. The normalized spacial score (nSPS) is 17.3. The van der Waals surface area contributed by atoms with Gasteiger partial charge in [-0.1, -0.05) is 65.7 Å². The molecule has 1 unspecified atom stereocenters. The molecule has 0 saturated carbocycles. The van der Waals surface area contributed by atoms with Crippen LogP contribution in [0.15, 0.2) is 71.6 Å².